The highest BCUT2D eigenvalue weighted by Crippen LogP contribution is 2.39. The van der Waals surface area contributed by atoms with Crippen molar-refractivity contribution in [1.82, 2.24) is 0 Å². The standard InChI is InChI=1S/C16H15BrO2S/c17-15-6-5-13(7-11(15)8-18)19-9-12-10-20-16-4-2-1-3-14(12)16/h1-7,12,18H,8-10H2. The van der Waals surface area contributed by atoms with Crippen molar-refractivity contribution < 1.29 is 9.84 Å². The molecule has 0 radical (unpaired) electrons. The summed E-state index contributed by atoms with van der Waals surface area (Å²) in [6.07, 6.45) is 0. The summed E-state index contributed by atoms with van der Waals surface area (Å²) in [4.78, 5) is 1.37. The van der Waals surface area contributed by atoms with Gasteiger partial charge in [-0.1, -0.05) is 34.1 Å². The van der Waals surface area contributed by atoms with E-state index in [4.69, 9.17) is 4.74 Å². The van der Waals surface area contributed by atoms with E-state index in [1.54, 1.807) is 0 Å². The smallest absolute Gasteiger partial charge is 0.119 e. The number of halogens is 1. The van der Waals surface area contributed by atoms with Crippen LogP contribution in [0.25, 0.3) is 0 Å². The average Bonchev–Trinajstić information content (AvgIpc) is 2.90. The monoisotopic (exact) mass is 350 g/mol. The summed E-state index contributed by atoms with van der Waals surface area (Å²) in [7, 11) is 0. The van der Waals surface area contributed by atoms with Crippen LogP contribution in [0.4, 0.5) is 0 Å². The number of ether oxygens (including phenoxy) is 1. The maximum Gasteiger partial charge on any atom is 0.119 e. The van der Waals surface area contributed by atoms with E-state index < -0.39 is 0 Å². The van der Waals surface area contributed by atoms with Crippen LogP contribution in [0.2, 0.25) is 0 Å². The van der Waals surface area contributed by atoms with E-state index in [-0.39, 0.29) is 6.61 Å². The first kappa shape index (κ1) is 14.0. The second-order valence-electron chi connectivity index (χ2n) is 4.77. The van der Waals surface area contributed by atoms with Crippen molar-refractivity contribution in [2.45, 2.75) is 17.4 Å². The van der Waals surface area contributed by atoms with Gasteiger partial charge in [-0.2, -0.15) is 0 Å². The van der Waals surface area contributed by atoms with Crippen LogP contribution in [0, 0.1) is 0 Å². The molecule has 0 spiro atoms. The van der Waals surface area contributed by atoms with Crippen molar-refractivity contribution >= 4 is 27.7 Å². The highest BCUT2D eigenvalue weighted by molar-refractivity contribution is 9.10. The van der Waals surface area contributed by atoms with Crippen LogP contribution in [0.5, 0.6) is 5.75 Å². The summed E-state index contributed by atoms with van der Waals surface area (Å²) in [6.45, 7) is 0.691. The minimum absolute atomic E-state index is 0.0138. The predicted octanol–water partition coefficient (Wildman–Crippen LogP) is 4.21. The zero-order chi connectivity index (χ0) is 13.9. The molecule has 104 valence electrons. The number of fused-ring (bicyclic) bond motifs is 1. The fourth-order valence-electron chi connectivity index (χ4n) is 2.33. The number of hydrogen-bond donors (Lipinski definition) is 1. The molecule has 0 aromatic heterocycles. The van der Waals surface area contributed by atoms with Gasteiger partial charge in [0.15, 0.2) is 0 Å². The van der Waals surface area contributed by atoms with Crippen molar-refractivity contribution in [3.8, 4) is 5.75 Å². The van der Waals surface area contributed by atoms with Gasteiger partial charge in [0.05, 0.1) is 13.2 Å². The molecule has 20 heavy (non-hydrogen) atoms. The molecule has 0 saturated carbocycles. The van der Waals surface area contributed by atoms with Crippen molar-refractivity contribution in [3.63, 3.8) is 0 Å². The first-order valence-electron chi connectivity index (χ1n) is 6.51. The molecule has 1 aliphatic heterocycles. The molecule has 2 aromatic carbocycles. The molecule has 0 saturated heterocycles. The lowest BCUT2D eigenvalue weighted by atomic mass is 10.0. The normalized spacial score (nSPS) is 17.0. The number of aliphatic hydroxyl groups is 1. The lowest BCUT2D eigenvalue weighted by Crippen LogP contribution is -2.09. The van der Waals surface area contributed by atoms with Gasteiger partial charge in [0.25, 0.3) is 0 Å². The molecule has 3 rings (SSSR count). The Morgan fingerprint density at radius 2 is 2.10 bits per heavy atom. The first-order chi connectivity index (χ1) is 9.78. The molecule has 0 fully saturated rings. The topological polar surface area (TPSA) is 29.5 Å². The summed E-state index contributed by atoms with van der Waals surface area (Å²) >= 11 is 5.30. The van der Waals surface area contributed by atoms with Crippen LogP contribution in [0.15, 0.2) is 51.8 Å². The van der Waals surface area contributed by atoms with Crippen LogP contribution in [0.1, 0.15) is 17.0 Å². The minimum Gasteiger partial charge on any atom is -0.493 e. The quantitative estimate of drug-likeness (QED) is 0.895. The van der Waals surface area contributed by atoms with Crippen molar-refractivity contribution in [1.29, 1.82) is 0 Å². The van der Waals surface area contributed by atoms with Gasteiger partial charge in [0.2, 0.25) is 0 Å². The third-order valence-corrected chi connectivity index (χ3v) is 5.46. The summed E-state index contributed by atoms with van der Waals surface area (Å²) in [5.74, 6) is 2.33. The van der Waals surface area contributed by atoms with Gasteiger partial charge in [-0.3, -0.25) is 0 Å². The van der Waals surface area contributed by atoms with E-state index in [1.807, 2.05) is 30.0 Å². The Kier molecular flexibility index (Phi) is 4.34. The summed E-state index contributed by atoms with van der Waals surface area (Å²) in [5.41, 5.74) is 2.24. The third-order valence-electron chi connectivity index (χ3n) is 3.44. The molecule has 0 aliphatic carbocycles. The van der Waals surface area contributed by atoms with E-state index in [1.165, 1.54) is 10.5 Å². The highest BCUT2D eigenvalue weighted by atomic mass is 79.9. The largest absolute Gasteiger partial charge is 0.493 e. The van der Waals surface area contributed by atoms with E-state index in [0.717, 1.165) is 21.5 Å². The zero-order valence-electron chi connectivity index (χ0n) is 10.9. The van der Waals surface area contributed by atoms with Crippen LogP contribution in [-0.2, 0) is 6.61 Å². The van der Waals surface area contributed by atoms with Crippen LogP contribution < -0.4 is 4.74 Å². The van der Waals surface area contributed by atoms with Crippen molar-refractivity contribution in [2.24, 2.45) is 0 Å². The van der Waals surface area contributed by atoms with Gasteiger partial charge in [-0.15, -0.1) is 11.8 Å². The maximum absolute atomic E-state index is 9.26. The lowest BCUT2D eigenvalue weighted by molar-refractivity contribution is 0.276. The van der Waals surface area contributed by atoms with Gasteiger partial charge >= 0.3 is 0 Å². The lowest BCUT2D eigenvalue weighted by Gasteiger charge is -2.13. The van der Waals surface area contributed by atoms with Gasteiger partial charge in [-0.05, 0) is 35.4 Å². The Morgan fingerprint density at radius 3 is 2.95 bits per heavy atom. The van der Waals surface area contributed by atoms with Gasteiger partial charge in [0, 0.05) is 21.0 Å². The van der Waals surface area contributed by atoms with Crippen LogP contribution in [0.3, 0.4) is 0 Å². The molecule has 1 heterocycles. The van der Waals surface area contributed by atoms with Crippen LogP contribution >= 0.6 is 27.7 Å². The molecule has 1 unspecified atom stereocenters. The molecule has 2 aromatic rings. The Balaban J connectivity index is 1.69. The molecule has 4 heteroatoms. The molecule has 0 bridgehead atoms. The second kappa shape index (κ2) is 6.20. The third kappa shape index (κ3) is 2.87. The fraction of sp³-hybridized carbons (Fsp3) is 0.250. The number of rotatable bonds is 4. The second-order valence-corrected chi connectivity index (χ2v) is 6.68. The molecular formula is C16H15BrO2S. The number of benzene rings is 2. The fourth-order valence-corrected chi connectivity index (χ4v) is 3.93. The summed E-state index contributed by atoms with van der Waals surface area (Å²) in [6, 6.07) is 14.2. The minimum atomic E-state index is 0.0138. The molecule has 1 aliphatic rings. The molecular weight excluding hydrogens is 336 g/mol. The average molecular weight is 351 g/mol. The summed E-state index contributed by atoms with van der Waals surface area (Å²) < 4.78 is 6.81. The summed E-state index contributed by atoms with van der Waals surface area (Å²) in [5, 5.41) is 9.26. The van der Waals surface area contributed by atoms with Crippen molar-refractivity contribution in [3.05, 3.63) is 58.1 Å². The number of thioether (sulfide) groups is 1. The number of aliphatic hydroxyl groups excluding tert-OH is 1. The maximum atomic E-state index is 9.26. The van der Waals surface area contributed by atoms with Gasteiger partial charge in [-0.25, -0.2) is 0 Å². The van der Waals surface area contributed by atoms with Gasteiger partial charge in [0.1, 0.15) is 5.75 Å². The van der Waals surface area contributed by atoms with E-state index in [0.29, 0.717) is 12.5 Å². The molecule has 0 amide bonds. The van der Waals surface area contributed by atoms with E-state index in [2.05, 4.69) is 40.2 Å². The van der Waals surface area contributed by atoms with E-state index in [9.17, 15) is 5.11 Å². The Bertz CT molecular complexity index is 615. The van der Waals surface area contributed by atoms with Crippen molar-refractivity contribution in [2.75, 3.05) is 12.4 Å². The highest BCUT2D eigenvalue weighted by Gasteiger charge is 2.23. The first-order valence-corrected chi connectivity index (χ1v) is 8.29. The van der Waals surface area contributed by atoms with Gasteiger partial charge < -0.3 is 9.84 Å². The van der Waals surface area contributed by atoms with E-state index >= 15 is 0 Å². The molecule has 1 atom stereocenters. The predicted molar refractivity (Wildman–Crippen MR) is 85.5 cm³/mol. The Labute approximate surface area is 131 Å². The zero-order valence-corrected chi connectivity index (χ0v) is 13.3. The SMILES string of the molecule is OCc1cc(OCC2CSc3ccccc32)ccc1Br. The van der Waals surface area contributed by atoms with Crippen LogP contribution in [-0.4, -0.2) is 17.5 Å². The Morgan fingerprint density at radius 1 is 1.25 bits per heavy atom. The molecule has 1 N–H and O–H groups in total. The Hall–Kier alpha value is -0.970. The molecule has 2 nitrogen and oxygen atoms in total. The number of hydrogen-bond acceptors (Lipinski definition) is 3.